The predicted molar refractivity (Wildman–Crippen MR) is 53.3 cm³/mol. The molecule has 0 aromatic carbocycles. The molecule has 1 aliphatic heterocycles. The zero-order chi connectivity index (χ0) is 11.4. The molecule has 1 atom stereocenters. The minimum absolute atomic E-state index is 0.254. The van der Waals surface area contributed by atoms with Crippen LogP contribution in [0.5, 0.6) is 0 Å². The molecule has 14 heavy (non-hydrogen) atoms. The van der Waals surface area contributed by atoms with Gasteiger partial charge < -0.3 is 5.73 Å². The fraction of sp³-hybridized carbons (Fsp3) is 0.800. The highest BCUT2D eigenvalue weighted by Crippen LogP contribution is 2.48. The molecule has 1 aliphatic rings. The number of hydrogen-bond acceptors (Lipinski definition) is 3. The minimum Gasteiger partial charge on any atom is -0.317 e. The van der Waals surface area contributed by atoms with Crippen molar-refractivity contribution in [3.63, 3.8) is 0 Å². The third-order valence-electron chi connectivity index (χ3n) is 4.13. The summed E-state index contributed by atoms with van der Waals surface area (Å²) in [5, 5.41) is 2.31. The van der Waals surface area contributed by atoms with E-state index < -0.39 is 22.3 Å². The first kappa shape index (κ1) is 11.2. The van der Waals surface area contributed by atoms with Crippen molar-refractivity contribution in [2.75, 3.05) is 0 Å². The Hall–Kier alpha value is -0.900. The van der Waals surface area contributed by atoms with E-state index in [0.29, 0.717) is 0 Å². The topological polar surface area (TPSA) is 72.2 Å². The van der Waals surface area contributed by atoms with Crippen LogP contribution in [0, 0.1) is 10.8 Å². The second-order valence-electron chi connectivity index (χ2n) is 5.24. The van der Waals surface area contributed by atoms with E-state index in [-0.39, 0.29) is 5.91 Å². The maximum absolute atomic E-state index is 11.6. The fourth-order valence-electron chi connectivity index (χ4n) is 1.61. The van der Waals surface area contributed by atoms with Gasteiger partial charge >= 0.3 is 0 Å². The summed E-state index contributed by atoms with van der Waals surface area (Å²) in [4.78, 5) is 23.2. The van der Waals surface area contributed by atoms with Gasteiger partial charge in [0, 0.05) is 5.41 Å². The summed E-state index contributed by atoms with van der Waals surface area (Å²) in [6.45, 7) is 8.98. The number of carbonyl (C=O) groups excluding carboxylic acids is 2. The minimum atomic E-state index is -1.02. The van der Waals surface area contributed by atoms with Gasteiger partial charge in [-0.1, -0.05) is 27.7 Å². The average Bonchev–Trinajstić information content (AvgIpc) is 2.01. The molecule has 2 amide bonds. The number of imide groups is 1. The van der Waals surface area contributed by atoms with Gasteiger partial charge in [0.15, 0.2) is 0 Å². The van der Waals surface area contributed by atoms with E-state index >= 15 is 0 Å². The molecule has 0 bridgehead atoms. The van der Waals surface area contributed by atoms with Crippen molar-refractivity contribution >= 4 is 11.8 Å². The molecular weight excluding hydrogens is 180 g/mol. The lowest BCUT2D eigenvalue weighted by atomic mass is 9.55. The summed E-state index contributed by atoms with van der Waals surface area (Å²) in [6, 6.07) is 0. The maximum Gasteiger partial charge on any atom is 0.246 e. The Labute approximate surface area is 84.2 Å². The average molecular weight is 198 g/mol. The van der Waals surface area contributed by atoms with Crippen molar-refractivity contribution in [1.82, 2.24) is 5.32 Å². The molecule has 3 N–H and O–H groups in total. The molecule has 0 aromatic heterocycles. The van der Waals surface area contributed by atoms with E-state index in [1.54, 1.807) is 20.8 Å². The summed E-state index contributed by atoms with van der Waals surface area (Å²) in [7, 11) is 0. The number of nitrogens with two attached hydrogens (primary N) is 1. The van der Waals surface area contributed by atoms with Gasteiger partial charge in [-0.05, 0) is 6.92 Å². The third-order valence-corrected chi connectivity index (χ3v) is 4.13. The molecule has 0 aliphatic carbocycles. The Kier molecular flexibility index (Phi) is 2.05. The fourth-order valence-corrected chi connectivity index (χ4v) is 1.61. The van der Waals surface area contributed by atoms with Crippen molar-refractivity contribution < 1.29 is 9.59 Å². The Morgan fingerprint density at radius 3 is 1.86 bits per heavy atom. The van der Waals surface area contributed by atoms with Gasteiger partial charge in [-0.15, -0.1) is 0 Å². The third kappa shape index (κ3) is 1.03. The second kappa shape index (κ2) is 2.57. The number of carbonyl (C=O) groups is 2. The molecule has 0 saturated carbocycles. The standard InChI is InChI=1S/C10H18N2O2/c1-8(2)6(13)12-7(14)10(5,11)9(8,3)4/h11H2,1-5H3,(H,12,13,14). The largest absolute Gasteiger partial charge is 0.317 e. The van der Waals surface area contributed by atoms with Crippen LogP contribution in [0.15, 0.2) is 0 Å². The van der Waals surface area contributed by atoms with E-state index in [0.717, 1.165) is 0 Å². The number of hydrogen-bond donors (Lipinski definition) is 2. The molecule has 1 heterocycles. The molecule has 1 fully saturated rings. The van der Waals surface area contributed by atoms with Crippen LogP contribution in [-0.2, 0) is 9.59 Å². The Bertz CT molecular complexity index is 275. The highest BCUT2D eigenvalue weighted by Gasteiger charge is 2.60. The van der Waals surface area contributed by atoms with Gasteiger partial charge in [0.25, 0.3) is 0 Å². The lowest BCUT2D eigenvalue weighted by Gasteiger charge is -2.52. The van der Waals surface area contributed by atoms with E-state index in [1.807, 2.05) is 13.8 Å². The molecule has 80 valence electrons. The van der Waals surface area contributed by atoms with Crippen LogP contribution in [0.25, 0.3) is 0 Å². The van der Waals surface area contributed by atoms with Gasteiger partial charge in [0.1, 0.15) is 0 Å². The molecule has 1 saturated heterocycles. The van der Waals surface area contributed by atoms with Crippen molar-refractivity contribution in [2.24, 2.45) is 16.6 Å². The van der Waals surface area contributed by atoms with Crippen LogP contribution in [0.4, 0.5) is 0 Å². The zero-order valence-corrected chi connectivity index (χ0v) is 9.39. The van der Waals surface area contributed by atoms with Crippen LogP contribution < -0.4 is 11.1 Å². The van der Waals surface area contributed by atoms with E-state index in [4.69, 9.17) is 5.73 Å². The highest BCUT2D eigenvalue weighted by molar-refractivity contribution is 6.05. The molecular formula is C10H18N2O2. The summed E-state index contributed by atoms with van der Waals surface area (Å²) >= 11 is 0. The lowest BCUT2D eigenvalue weighted by molar-refractivity contribution is -0.157. The summed E-state index contributed by atoms with van der Waals surface area (Å²) in [5.41, 5.74) is 3.73. The molecule has 4 nitrogen and oxygen atoms in total. The Morgan fingerprint density at radius 1 is 1.00 bits per heavy atom. The highest BCUT2D eigenvalue weighted by atomic mass is 16.2. The predicted octanol–water partition coefficient (Wildman–Crippen LogP) is 0.413. The van der Waals surface area contributed by atoms with Gasteiger partial charge in [-0.3, -0.25) is 14.9 Å². The molecule has 0 radical (unpaired) electrons. The van der Waals surface area contributed by atoms with E-state index in [1.165, 1.54) is 0 Å². The first-order valence-electron chi connectivity index (χ1n) is 4.70. The van der Waals surface area contributed by atoms with Crippen LogP contribution >= 0.6 is 0 Å². The van der Waals surface area contributed by atoms with Gasteiger partial charge in [0.2, 0.25) is 11.8 Å². The summed E-state index contributed by atoms with van der Waals surface area (Å²) in [6.07, 6.45) is 0. The van der Waals surface area contributed by atoms with Crippen molar-refractivity contribution in [1.29, 1.82) is 0 Å². The quantitative estimate of drug-likeness (QED) is 0.554. The Balaban J connectivity index is 3.31. The van der Waals surface area contributed by atoms with Crippen LogP contribution in [0.1, 0.15) is 34.6 Å². The number of rotatable bonds is 0. The first-order chi connectivity index (χ1) is 6.05. The summed E-state index contributed by atoms with van der Waals surface area (Å²) in [5.74, 6) is -0.651. The molecule has 0 aromatic rings. The van der Waals surface area contributed by atoms with Gasteiger partial charge in [0.05, 0.1) is 11.0 Å². The molecule has 1 unspecified atom stereocenters. The van der Waals surface area contributed by atoms with E-state index in [2.05, 4.69) is 5.32 Å². The first-order valence-corrected chi connectivity index (χ1v) is 4.70. The van der Waals surface area contributed by atoms with Crippen molar-refractivity contribution in [3.05, 3.63) is 0 Å². The monoisotopic (exact) mass is 198 g/mol. The van der Waals surface area contributed by atoms with Crippen LogP contribution in [0.3, 0.4) is 0 Å². The van der Waals surface area contributed by atoms with E-state index in [9.17, 15) is 9.59 Å². The SMILES string of the molecule is CC1(C)C(=O)NC(=O)C(C)(N)C1(C)C. The normalized spacial score (nSPS) is 35.3. The Morgan fingerprint density at radius 2 is 1.43 bits per heavy atom. The second-order valence-corrected chi connectivity index (χ2v) is 5.24. The maximum atomic E-state index is 11.6. The molecule has 1 rings (SSSR count). The summed E-state index contributed by atoms with van der Waals surface area (Å²) < 4.78 is 0. The van der Waals surface area contributed by atoms with Crippen molar-refractivity contribution in [3.8, 4) is 0 Å². The molecule has 4 heteroatoms. The lowest BCUT2D eigenvalue weighted by Crippen LogP contribution is -2.73. The smallest absolute Gasteiger partial charge is 0.246 e. The van der Waals surface area contributed by atoms with Crippen LogP contribution in [0.2, 0.25) is 0 Å². The van der Waals surface area contributed by atoms with Gasteiger partial charge in [-0.25, -0.2) is 0 Å². The number of piperidine rings is 1. The number of amides is 2. The van der Waals surface area contributed by atoms with Gasteiger partial charge in [-0.2, -0.15) is 0 Å². The number of nitrogens with one attached hydrogen (secondary N) is 1. The van der Waals surface area contributed by atoms with Crippen molar-refractivity contribution in [2.45, 2.75) is 40.2 Å². The zero-order valence-electron chi connectivity index (χ0n) is 9.39. The van der Waals surface area contributed by atoms with Crippen LogP contribution in [-0.4, -0.2) is 17.4 Å². The molecule has 0 spiro atoms.